The summed E-state index contributed by atoms with van der Waals surface area (Å²) in [5.41, 5.74) is 1.15. The van der Waals surface area contributed by atoms with E-state index in [9.17, 15) is 22.0 Å². The van der Waals surface area contributed by atoms with Crippen molar-refractivity contribution in [2.24, 2.45) is 0 Å². The van der Waals surface area contributed by atoms with Crippen molar-refractivity contribution >= 4 is 27.3 Å². The standard InChI is InChI=1S/C21H18F2N2O3S/c1-15-7-8-17(23)13-20(15)24-21(26)14-25(18-5-3-2-4-6-18)29(27,28)19-11-9-16(22)10-12-19/h2-13H,14H2,1H3,(H,24,26). The van der Waals surface area contributed by atoms with Crippen LogP contribution in [0.1, 0.15) is 5.56 Å². The predicted octanol–water partition coefficient (Wildman–Crippen LogP) is 4.11. The van der Waals surface area contributed by atoms with Gasteiger partial charge in [0, 0.05) is 5.69 Å². The molecule has 0 spiro atoms. The zero-order valence-corrected chi connectivity index (χ0v) is 16.3. The minimum Gasteiger partial charge on any atom is -0.324 e. The smallest absolute Gasteiger partial charge is 0.264 e. The van der Waals surface area contributed by atoms with Gasteiger partial charge in [0.1, 0.15) is 18.2 Å². The van der Waals surface area contributed by atoms with Crippen LogP contribution in [0.25, 0.3) is 0 Å². The Bertz CT molecular complexity index is 1120. The second kappa shape index (κ2) is 8.40. The van der Waals surface area contributed by atoms with E-state index in [0.717, 1.165) is 34.6 Å². The largest absolute Gasteiger partial charge is 0.324 e. The zero-order chi connectivity index (χ0) is 21.0. The minimum atomic E-state index is -4.14. The van der Waals surface area contributed by atoms with Crippen LogP contribution in [0.5, 0.6) is 0 Å². The maximum absolute atomic E-state index is 13.5. The number of benzene rings is 3. The van der Waals surface area contributed by atoms with Gasteiger partial charge in [-0.1, -0.05) is 24.3 Å². The molecular weight excluding hydrogens is 398 g/mol. The zero-order valence-electron chi connectivity index (χ0n) is 15.5. The van der Waals surface area contributed by atoms with E-state index in [1.54, 1.807) is 37.3 Å². The summed E-state index contributed by atoms with van der Waals surface area (Å²) in [6, 6.07) is 16.3. The van der Waals surface area contributed by atoms with Crippen LogP contribution in [-0.2, 0) is 14.8 Å². The van der Waals surface area contributed by atoms with E-state index in [1.165, 1.54) is 12.1 Å². The highest BCUT2D eigenvalue weighted by molar-refractivity contribution is 7.92. The van der Waals surface area contributed by atoms with Crippen molar-refractivity contribution in [2.75, 3.05) is 16.2 Å². The molecule has 0 saturated heterocycles. The monoisotopic (exact) mass is 416 g/mol. The number of rotatable bonds is 6. The summed E-state index contributed by atoms with van der Waals surface area (Å²) >= 11 is 0. The fourth-order valence-electron chi connectivity index (χ4n) is 2.69. The van der Waals surface area contributed by atoms with Crippen LogP contribution >= 0.6 is 0 Å². The molecule has 0 fully saturated rings. The van der Waals surface area contributed by atoms with E-state index in [2.05, 4.69) is 5.32 Å². The highest BCUT2D eigenvalue weighted by Crippen LogP contribution is 2.24. The third-order valence-electron chi connectivity index (χ3n) is 4.21. The maximum Gasteiger partial charge on any atom is 0.264 e. The van der Waals surface area contributed by atoms with Gasteiger partial charge in [-0.3, -0.25) is 9.10 Å². The van der Waals surface area contributed by atoms with Gasteiger partial charge in [-0.05, 0) is 61.0 Å². The Kier molecular flexibility index (Phi) is 5.93. The number of nitrogens with one attached hydrogen (secondary N) is 1. The van der Waals surface area contributed by atoms with Crippen molar-refractivity contribution in [3.05, 3.63) is 90.0 Å². The first-order valence-corrected chi connectivity index (χ1v) is 10.1. The highest BCUT2D eigenvalue weighted by Gasteiger charge is 2.27. The van der Waals surface area contributed by atoms with Crippen molar-refractivity contribution in [3.8, 4) is 0 Å². The summed E-state index contributed by atoms with van der Waals surface area (Å²) in [5, 5.41) is 2.54. The molecule has 0 heterocycles. The summed E-state index contributed by atoms with van der Waals surface area (Å²) in [4.78, 5) is 12.4. The molecule has 29 heavy (non-hydrogen) atoms. The van der Waals surface area contributed by atoms with E-state index in [-0.39, 0.29) is 16.3 Å². The van der Waals surface area contributed by atoms with E-state index in [1.807, 2.05) is 0 Å². The molecule has 0 aliphatic carbocycles. The Morgan fingerprint density at radius 2 is 1.55 bits per heavy atom. The van der Waals surface area contributed by atoms with Gasteiger partial charge in [0.15, 0.2) is 0 Å². The number of anilines is 2. The lowest BCUT2D eigenvalue weighted by molar-refractivity contribution is -0.114. The van der Waals surface area contributed by atoms with Crippen LogP contribution in [0.3, 0.4) is 0 Å². The van der Waals surface area contributed by atoms with Gasteiger partial charge < -0.3 is 5.32 Å². The van der Waals surface area contributed by atoms with E-state index in [0.29, 0.717) is 5.56 Å². The molecule has 0 aromatic heterocycles. The molecule has 0 aliphatic rings. The average Bonchev–Trinajstić information content (AvgIpc) is 2.70. The van der Waals surface area contributed by atoms with Crippen LogP contribution < -0.4 is 9.62 Å². The Morgan fingerprint density at radius 1 is 0.931 bits per heavy atom. The third kappa shape index (κ3) is 4.78. The lowest BCUT2D eigenvalue weighted by Crippen LogP contribution is -2.38. The maximum atomic E-state index is 13.5. The van der Waals surface area contributed by atoms with Crippen LogP contribution in [0.15, 0.2) is 77.7 Å². The van der Waals surface area contributed by atoms with Gasteiger partial charge in [0.2, 0.25) is 5.91 Å². The van der Waals surface area contributed by atoms with E-state index >= 15 is 0 Å². The highest BCUT2D eigenvalue weighted by atomic mass is 32.2. The van der Waals surface area contributed by atoms with Gasteiger partial charge in [0.25, 0.3) is 10.0 Å². The first-order valence-electron chi connectivity index (χ1n) is 8.67. The quantitative estimate of drug-likeness (QED) is 0.658. The van der Waals surface area contributed by atoms with E-state index in [4.69, 9.17) is 0 Å². The molecular formula is C21H18F2N2O3S. The Hall–Kier alpha value is -3.26. The summed E-state index contributed by atoms with van der Waals surface area (Å²) in [6.45, 7) is 1.15. The van der Waals surface area contributed by atoms with Crippen LogP contribution in [0.4, 0.5) is 20.2 Å². The lowest BCUT2D eigenvalue weighted by Gasteiger charge is -2.24. The molecule has 0 atom stereocenters. The number of para-hydroxylation sites is 1. The molecule has 0 radical (unpaired) electrons. The number of amides is 1. The first-order chi connectivity index (χ1) is 13.8. The van der Waals surface area contributed by atoms with Crippen LogP contribution in [0.2, 0.25) is 0 Å². The fourth-order valence-corrected chi connectivity index (χ4v) is 4.11. The number of carbonyl (C=O) groups is 1. The van der Waals surface area contributed by atoms with Gasteiger partial charge >= 0.3 is 0 Å². The number of sulfonamides is 1. The van der Waals surface area contributed by atoms with Crippen molar-refractivity contribution < 1.29 is 22.0 Å². The molecule has 3 rings (SSSR count). The number of aryl methyl sites for hydroxylation is 1. The molecule has 150 valence electrons. The lowest BCUT2D eigenvalue weighted by atomic mass is 10.2. The molecule has 0 saturated carbocycles. The number of carbonyl (C=O) groups excluding carboxylic acids is 1. The fraction of sp³-hybridized carbons (Fsp3) is 0.0952. The molecule has 1 amide bonds. The number of nitrogens with zero attached hydrogens (tertiary/aromatic N) is 1. The molecule has 0 bridgehead atoms. The summed E-state index contributed by atoms with van der Waals surface area (Å²) < 4.78 is 53.9. The summed E-state index contributed by atoms with van der Waals surface area (Å²) in [7, 11) is -4.14. The molecule has 0 aliphatic heterocycles. The van der Waals surface area contributed by atoms with Gasteiger partial charge in [-0.25, -0.2) is 17.2 Å². The van der Waals surface area contributed by atoms with Crippen molar-refractivity contribution in [1.82, 2.24) is 0 Å². The topological polar surface area (TPSA) is 66.5 Å². The first kappa shape index (κ1) is 20.5. The van der Waals surface area contributed by atoms with Crippen molar-refractivity contribution in [3.63, 3.8) is 0 Å². The molecule has 0 unspecified atom stereocenters. The van der Waals surface area contributed by atoms with Crippen molar-refractivity contribution in [2.45, 2.75) is 11.8 Å². The average molecular weight is 416 g/mol. The van der Waals surface area contributed by atoms with Gasteiger partial charge in [0.05, 0.1) is 10.6 Å². The van der Waals surface area contributed by atoms with E-state index < -0.39 is 34.1 Å². The Labute approximate surface area is 167 Å². The Balaban J connectivity index is 1.93. The summed E-state index contributed by atoms with van der Waals surface area (Å²) in [5.74, 6) is -1.74. The molecule has 3 aromatic rings. The second-order valence-electron chi connectivity index (χ2n) is 6.31. The second-order valence-corrected chi connectivity index (χ2v) is 8.17. The molecule has 3 aromatic carbocycles. The normalized spacial score (nSPS) is 11.1. The minimum absolute atomic E-state index is 0.155. The van der Waals surface area contributed by atoms with Crippen molar-refractivity contribution in [1.29, 1.82) is 0 Å². The Morgan fingerprint density at radius 3 is 2.21 bits per heavy atom. The molecule has 1 N–H and O–H groups in total. The third-order valence-corrected chi connectivity index (χ3v) is 5.99. The van der Waals surface area contributed by atoms with Gasteiger partial charge in [-0.2, -0.15) is 0 Å². The SMILES string of the molecule is Cc1ccc(F)cc1NC(=O)CN(c1ccccc1)S(=O)(=O)c1ccc(F)cc1. The van der Waals surface area contributed by atoms with Crippen LogP contribution in [-0.4, -0.2) is 20.9 Å². The number of hydrogen-bond donors (Lipinski definition) is 1. The number of halogens is 2. The predicted molar refractivity (Wildman–Crippen MR) is 107 cm³/mol. The number of hydrogen-bond acceptors (Lipinski definition) is 3. The summed E-state index contributed by atoms with van der Waals surface area (Å²) in [6.07, 6.45) is 0. The molecule has 5 nitrogen and oxygen atoms in total. The molecule has 8 heteroatoms. The van der Waals surface area contributed by atoms with Gasteiger partial charge in [-0.15, -0.1) is 0 Å². The van der Waals surface area contributed by atoms with Crippen LogP contribution in [0, 0.1) is 18.6 Å².